The molecular weight excluding hydrogens is 611 g/mol. The third kappa shape index (κ3) is 4.85. The molecule has 4 aromatic heterocycles. The molecule has 0 N–H and O–H groups in total. The van der Waals surface area contributed by atoms with Crippen LogP contribution in [0.2, 0.25) is 0 Å². The molecule has 4 heterocycles. The molecule has 9 rings (SSSR count). The Morgan fingerprint density at radius 1 is 0.380 bits per heavy atom. The van der Waals surface area contributed by atoms with Gasteiger partial charge in [-0.05, 0) is 132 Å². The molecule has 9 aromatic rings. The highest BCUT2D eigenvalue weighted by Crippen LogP contribution is 2.39. The molecule has 0 unspecified atom stereocenters. The summed E-state index contributed by atoms with van der Waals surface area (Å²) in [6, 6.07) is 44.3. The standard InChI is InChI=1S/C45H37N5/c1-28-6-10-33(11-7-28)48(34-12-16-36(17-13-34)49-42-20-8-29(2)22-38(42)40-24-31(4)46-26-44(40)49)35-14-18-37(19-15-35)50-43-21-9-30(3)23-39(43)41-25-32(5)47-27-45(41)50/h6-27H,1-5H3. The smallest absolute Gasteiger partial charge is 0.0724 e. The Labute approximate surface area is 291 Å². The molecule has 5 heteroatoms. The average molecular weight is 648 g/mol. The average Bonchev–Trinajstić information content (AvgIpc) is 3.61. The fraction of sp³-hybridized carbons (Fsp3) is 0.111. The first-order chi connectivity index (χ1) is 24.3. The lowest BCUT2D eigenvalue weighted by molar-refractivity contribution is 1.14. The van der Waals surface area contributed by atoms with E-state index >= 15 is 0 Å². The van der Waals surface area contributed by atoms with Crippen LogP contribution in [-0.4, -0.2) is 19.1 Å². The summed E-state index contributed by atoms with van der Waals surface area (Å²) in [5, 5.41) is 4.96. The summed E-state index contributed by atoms with van der Waals surface area (Å²) in [6.45, 7) is 10.5. The molecule has 5 aromatic carbocycles. The van der Waals surface area contributed by atoms with Crippen molar-refractivity contribution >= 4 is 60.7 Å². The fourth-order valence-corrected chi connectivity index (χ4v) is 7.47. The van der Waals surface area contributed by atoms with Gasteiger partial charge >= 0.3 is 0 Å². The summed E-state index contributed by atoms with van der Waals surface area (Å²) in [4.78, 5) is 11.7. The van der Waals surface area contributed by atoms with Gasteiger partial charge in [-0.1, -0.05) is 41.0 Å². The highest BCUT2D eigenvalue weighted by molar-refractivity contribution is 6.10. The molecule has 5 nitrogen and oxygen atoms in total. The number of aromatic nitrogens is 4. The lowest BCUT2D eigenvalue weighted by Gasteiger charge is -2.26. The van der Waals surface area contributed by atoms with Gasteiger partial charge in [0.25, 0.3) is 0 Å². The van der Waals surface area contributed by atoms with E-state index in [-0.39, 0.29) is 0 Å². The molecule has 0 radical (unpaired) electrons. The van der Waals surface area contributed by atoms with Crippen LogP contribution in [0.3, 0.4) is 0 Å². The lowest BCUT2D eigenvalue weighted by Crippen LogP contribution is -2.10. The lowest BCUT2D eigenvalue weighted by atomic mass is 10.1. The van der Waals surface area contributed by atoms with Gasteiger partial charge in [-0.2, -0.15) is 0 Å². The Bertz CT molecular complexity index is 2440. The Morgan fingerprint density at radius 2 is 0.740 bits per heavy atom. The van der Waals surface area contributed by atoms with E-state index in [4.69, 9.17) is 0 Å². The molecule has 0 aliphatic carbocycles. The predicted octanol–water partition coefficient (Wildman–Crippen LogP) is 11.7. The highest BCUT2D eigenvalue weighted by Gasteiger charge is 2.18. The molecule has 0 aliphatic rings. The second-order valence-corrected chi connectivity index (χ2v) is 13.6. The van der Waals surface area contributed by atoms with Crippen LogP contribution in [0.1, 0.15) is 28.1 Å². The normalized spacial score (nSPS) is 11.7. The zero-order valence-electron chi connectivity index (χ0n) is 28.9. The maximum absolute atomic E-state index is 4.68. The van der Waals surface area contributed by atoms with E-state index in [9.17, 15) is 0 Å². The van der Waals surface area contributed by atoms with Gasteiger partial charge in [-0.25, -0.2) is 0 Å². The van der Waals surface area contributed by atoms with Crippen molar-refractivity contribution in [2.45, 2.75) is 34.6 Å². The number of hydrogen-bond donors (Lipinski definition) is 0. The first-order valence-electron chi connectivity index (χ1n) is 17.1. The van der Waals surface area contributed by atoms with E-state index in [2.05, 4.69) is 180 Å². The van der Waals surface area contributed by atoms with Crippen molar-refractivity contribution in [2.24, 2.45) is 0 Å². The van der Waals surface area contributed by atoms with Gasteiger partial charge in [0.2, 0.25) is 0 Å². The summed E-state index contributed by atoms with van der Waals surface area (Å²) in [7, 11) is 0. The minimum atomic E-state index is 1.02. The van der Waals surface area contributed by atoms with Crippen molar-refractivity contribution < 1.29 is 0 Å². The van der Waals surface area contributed by atoms with Gasteiger partial charge in [0.1, 0.15) is 0 Å². The van der Waals surface area contributed by atoms with Crippen LogP contribution in [-0.2, 0) is 0 Å². The summed E-state index contributed by atoms with van der Waals surface area (Å²) in [6.07, 6.45) is 4.01. The molecule has 0 fully saturated rings. The van der Waals surface area contributed by atoms with Crippen molar-refractivity contribution in [1.29, 1.82) is 0 Å². The van der Waals surface area contributed by atoms with Crippen molar-refractivity contribution in [3.63, 3.8) is 0 Å². The number of benzene rings is 5. The number of fused-ring (bicyclic) bond motifs is 6. The topological polar surface area (TPSA) is 38.9 Å². The predicted molar refractivity (Wildman–Crippen MR) is 209 cm³/mol. The largest absolute Gasteiger partial charge is 0.311 e. The minimum Gasteiger partial charge on any atom is -0.311 e. The SMILES string of the molecule is Cc1ccc(N(c2ccc(-n3c4ccc(C)cc4c4cc(C)ncc43)cc2)c2ccc(-n3c4ccc(C)cc4c4cc(C)ncc43)cc2)cc1. The fourth-order valence-electron chi connectivity index (χ4n) is 7.47. The zero-order chi connectivity index (χ0) is 34.1. The Hall–Kier alpha value is -6.20. The van der Waals surface area contributed by atoms with Crippen LogP contribution in [0.5, 0.6) is 0 Å². The first kappa shape index (κ1) is 29.9. The van der Waals surface area contributed by atoms with E-state index in [1.807, 2.05) is 12.4 Å². The maximum atomic E-state index is 4.68. The van der Waals surface area contributed by atoms with Gasteiger partial charge in [0, 0.05) is 61.4 Å². The van der Waals surface area contributed by atoms with Crippen LogP contribution in [0.25, 0.3) is 55.0 Å². The molecule has 242 valence electrons. The minimum absolute atomic E-state index is 1.02. The van der Waals surface area contributed by atoms with Crippen molar-refractivity contribution in [2.75, 3.05) is 4.90 Å². The second-order valence-electron chi connectivity index (χ2n) is 13.6. The summed E-state index contributed by atoms with van der Waals surface area (Å²) in [5.41, 5.74) is 15.9. The van der Waals surface area contributed by atoms with Gasteiger partial charge in [0.15, 0.2) is 0 Å². The maximum Gasteiger partial charge on any atom is 0.0724 e. The Kier molecular flexibility index (Phi) is 6.85. The zero-order valence-corrected chi connectivity index (χ0v) is 28.9. The van der Waals surface area contributed by atoms with E-state index in [0.29, 0.717) is 0 Å². The molecule has 0 atom stereocenters. The van der Waals surface area contributed by atoms with Crippen LogP contribution < -0.4 is 4.90 Å². The summed E-state index contributed by atoms with van der Waals surface area (Å²) in [5.74, 6) is 0. The monoisotopic (exact) mass is 647 g/mol. The number of anilines is 3. The number of aryl methyl sites for hydroxylation is 5. The van der Waals surface area contributed by atoms with Gasteiger partial charge in [-0.3, -0.25) is 9.97 Å². The van der Waals surface area contributed by atoms with E-state index in [1.165, 1.54) is 49.3 Å². The molecule has 0 spiro atoms. The summed E-state index contributed by atoms with van der Waals surface area (Å²) >= 11 is 0. The van der Waals surface area contributed by atoms with Crippen LogP contribution in [0.15, 0.2) is 134 Å². The first-order valence-corrected chi connectivity index (χ1v) is 17.1. The van der Waals surface area contributed by atoms with Gasteiger partial charge in [-0.15, -0.1) is 0 Å². The van der Waals surface area contributed by atoms with Crippen LogP contribution >= 0.6 is 0 Å². The molecule has 0 amide bonds. The Balaban J connectivity index is 1.16. The van der Waals surface area contributed by atoms with Crippen molar-refractivity contribution in [3.05, 3.63) is 162 Å². The number of hydrogen-bond acceptors (Lipinski definition) is 3. The van der Waals surface area contributed by atoms with Crippen LogP contribution in [0, 0.1) is 34.6 Å². The molecule has 0 aliphatic heterocycles. The molecule has 50 heavy (non-hydrogen) atoms. The van der Waals surface area contributed by atoms with Crippen molar-refractivity contribution in [3.8, 4) is 11.4 Å². The number of nitrogens with zero attached hydrogens (tertiary/aromatic N) is 5. The summed E-state index contributed by atoms with van der Waals surface area (Å²) < 4.78 is 4.66. The molecule has 0 saturated heterocycles. The molecule has 0 saturated carbocycles. The van der Waals surface area contributed by atoms with E-state index in [0.717, 1.165) is 50.9 Å². The Morgan fingerprint density at radius 3 is 1.16 bits per heavy atom. The highest BCUT2D eigenvalue weighted by atomic mass is 15.1. The third-order valence-corrected chi connectivity index (χ3v) is 9.91. The second kappa shape index (κ2) is 11.5. The third-order valence-electron chi connectivity index (χ3n) is 9.91. The number of pyridine rings is 2. The van der Waals surface area contributed by atoms with Crippen LogP contribution in [0.4, 0.5) is 17.1 Å². The van der Waals surface area contributed by atoms with Crippen molar-refractivity contribution in [1.82, 2.24) is 19.1 Å². The quantitative estimate of drug-likeness (QED) is 0.187. The van der Waals surface area contributed by atoms with E-state index in [1.54, 1.807) is 0 Å². The van der Waals surface area contributed by atoms with Gasteiger partial charge < -0.3 is 14.0 Å². The number of rotatable bonds is 5. The van der Waals surface area contributed by atoms with Gasteiger partial charge in [0.05, 0.1) is 34.5 Å². The molecule has 0 bridgehead atoms. The van der Waals surface area contributed by atoms with E-state index < -0.39 is 0 Å². The molecular formula is C45H37N5.